The first kappa shape index (κ1) is 17.9. The second-order valence-electron chi connectivity index (χ2n) is 6.53. The average Bonchev–Trinajstić information content (AvgIpc) is 3.09. The molecule has 2 atom stereocenters. The first-order valence-electron chi connectivity index (χ1n) is 8.44. The predicted octanol–water partition coefficient (Wildman–Crippen LogP) is 0.516. The highest BCUT2D eigenvalue weighted by Crippen LogP contribution is 2.46. The van der Waals surface area contributed by atoms with Gasteiger partial charge in [-0.3, -0.25) is 9.59 Å². The number of carbonyl (C=O) groups excluding carboxylic acids is 1. The molecule has 1 heterocycles. The van der Waals surface area contributed by atoms with Gasteiger partial charge in [-0.05, 0) is 25.0 Å². The summed E-state index contributed by atoms with van der Waals surface area (Å²) in [4.78, 5) is 26.7. The molecule has 1 aromatic rings. The molecule has 0 radical (unpaired) electrons. The van der Waals surface area contributed by atoms with Crippen LogP contribution in [0.25, 0.3) is 0 Å². The summed E-state index contributed by atoms with van der Waals surface area (Å²) in [5.74, 6) is -2.84. The van der Waals surface area contributed by atoms with Crippen LogP contribution in [0.5, 0.6) is 0 Å². The Hall–Kier alpha value is -1.93. The molecule has 1 saturated carbocycles. The zero-order valence-electron chi connectivity index (χ0n) is 13.8. The molecule has 1 amide bonds. The van der Waals surface area contributed by atoms with Crippen molar-refractivity contribution < 1.29 is 23.1 Å². The highest BCUT2D eigenvalue weighted by atomic mass is 32.2. The van der Waals surface area contributed by atoms with E-state index in [1.807, 2.05) is 0 Å². The van der Waals surface area contributed by atoms with Crippen molar-refractivity contribution in [2.24, 2.45) is 5.92 Å². The number of rotatable bonds is 4. The normalized spacial score (nSPS) is 27.2. The molecular weight excluding hydrogens is 344 g/mol. The lowest BCUT2D eigenvalue weighted by atomic mass is 9.93. The van der Waals surface area contributed by atoms with Crippen LogP contribution in [0.15, 0.2) is 35.2 Å². The third-order valence-electron chi connectivity index (χ3n) is 5.23. The molecule has 2 N–H and O–H groups in total. The van der Waals surface area contributed by atoms with Crippen molar-refractivity contribution in [3.05, 3.63) is 30.3 Å². The lowest BCUT2D eigenvalue weighted by Crippen LogP contribution is -2.57. The summed E-state index contributed by atoms with van der Waals surface area (Å²) < 4.78 is 24.4. The third kappa shape index (κ3) is 2.83. The fraction of sp³-hybridized carbons (Fsp3) is 0.529. The number of hydrogen-bond acceptors (Lipinski definition) is 5. The molecule has 2 aliphatic rings. The minimum absolute atomic E-state index is 0.0396. The van der Waals surface area contributed by atoms with Gasteiger partial charge in [-0.25, -0.2) is 8.42 Å². The van der Waals surface area contributed by atoms with E-state index in [9.17, 15) is 23.1 Å². The topological polar surface area (TPSA) is 104 Å². The summed E-state index contributed by atoms with van der Waals surface area (Å²) in [6, 6.07) is 7.58. The smallest absolute Gasteiger partial charge is 0.326 e. The summed E-state index contributed by atoms with van der Waals surface area (Å²) in [5.41, 5.74) is 0. The van der Waals surface area contributed by atoms with Crippen molar-refractivity contribution >= 4 is 21.7 Å². The summed E-state index contributed by atoms with van der Waals surface area (Å²) in [7, 11) is -4.20. The van der Waals surface area contributed by atoms with E-state index in [1.54, 1.807) is 23.1 Å². The van der Waals surface area contributed by atoms with E-state index in [1.165, 1.54) is 12.1 Å². The lowest BCUT2D eigenvalue weighted by Gasteiger charge is -2.35. The highest BCUT2D eigenvalue weighted by molar-refractivity contribution is 7.93. The van der Waals surface area contributed by atoms with Crippen molar-refractivity contribution in [3.8, 4) is 0 Å². The minimum atomic E-state index is -4.20. The zero-order chi connectivity index (χ0) is 18.1. The van der Waals surface area contributed by atoms with Crippen molar-refractivity contribution in [2.75, 3.05) is 26.2 Å². The molecule has 1 aromatic carbocycles. The number of piperazine rings is 1. The molecule has 2 fully saturated rings. The van der Waals surface area contributed by atoms with Crippen LogP contribution in [0, 0.1) is 5.92 Å². The number of nitrogens with zero attached hydrogens (tertiary/aromatic N) is 1. The number of carboxylic acid groups (broad SMARTS) is 1. The van der Waals surface area contributed by atoms with E-state index in [0.29, 0.717) is 32.6 Å². The van der Waals surface area contributed by atoms with Crippen LogP contribution in [0.3, 0.4) is 0 Å². The SMILES string of the molecule is O=C([C@H]1CCC[C@@]1(C(=O)O)S(=O)(=O)c1ccccc1)N1CCNCC1. The summed E-state index contributed by atoms with van der Waals surface area (Å²) in [5, 5.41) is 13.0. The largest absolute Gasteiger partial charge is 0.480 e. The molecule has 3 rings (SSSR count). The number of carbonyl (C=O) groups is 2. The molecule has 0 bridgehead atoms. The molecular formula is C17H22N2O5S. The number of carboxylic acids is 1. The second kappa shape index (κ2) is 6.76. The van der Waals surface area contributed by atoms with E-state index in [4.69, 9.17) is 0 Å². The van der Waals surface area contributed by atoms with Gasteiger partial charge in [0.1, 0.15) is 0 Å². The van der Waals surface area contributed by atoms with Crippen molar-refractivity contribution in [3.63, 3.8) is 0 Å². The Morgan fingerprint density at radius 3 is 2.40 bits per heavy atom. The van der Waals surface area contributed by atoms with Crippen LogP contribution in [0.2, 0.25) is 0 Å². The Morgan fingerprint density at radius 2 is 1.80 bits per heavy atom. The third-order valence-corrected chi connectivity index (χ3v) is 7.74. The molecule has 136 valence electrons. The van der Waals surface area contributed by atoms with Crippen molar-refractivity contribution in [1.29, 1.82) is 0 Å². The number of aliphatic carboxylic acids is 1. The van der Waals surface area contributed by atoms with Crippen LogP contribution < -0.4 is 5.32 Å². The first-order valence-corrected chi connectivity index (χ1v) is 9.92. The fourth-order valence-electron chi connectivity index (χ4n) is 3.91. The van der Waals surface area contributed by atoms with Gasteiger partial charge in [0.15, 0.2) is 14.6 Å². The standard InChI is InChI=1S/C17H22N2O5S/c20-15(19-11-9-18-10-12-19)14-7-4-8-17(14,16(21)22)25(23,24)13-5-2-1-3-6-13/h1-3,5-6,14,18H,4,7-12H2,(H,21,22)/t14-,17-/m1/s1. The quantitative estimate of drug-likeness (QED) is 0.805. The van der Waals surface area contributed by atoms with Gasteiger partial charge in [0.25, 0.3) is 0 Å². The Balaban J connectivity index is 2.04. The van der Waals surface area contributed by atoms with Crippen LogP contribution >= 0.6 is 0 Å². The predicted molar refractivity (Wildman–Crippen MR) is 90.8 cm³/mol. The average molecular weight is 366 g/mol. The maximum atomic E-state index is 13.2. The van der Waals surface area contributed by atoms with Gasteiger partial charge in [0.2, 0.25) is 5.91 Å². The van der Waals surface area contributed by atoms with Crippen LogP contribution in [-0.4, -0.2) is 61.2 Å². The fourth-order valence-corrected chi connectivity index (χ4v) is 6.08. The molecule has 25 heavy (non-hydrogen) atoms. The molecule has 0 aromatic heterocycles. The monoisotopic (exact) mass is 366 g/mol. The van der Waals surface area contributed by atoms with Gasteiger partial charge in [-0.15, -0.1) is 0 Å². The lowest BCUT2D eigenvalue weighted by molar-refractivity contribution is -0.147. The number of hydrogen-bond donors (Lipinski definition) is 2. The Kier molecular flexibility index (Phi) is 4.83. The Bertz CT molecular complexity index is 759. The number of amides is 1. The van der Waals surface area contributed by atoms with E-state index < -0.39 is 26.5 Å². The molecule has 1 aliphatic carbocycles. The Morgan fingerprint density at radius 1 is 1.16 bits per heavy atom. The molecule has 8 heteroatoms. The maximum absolute atomic E-state index is 13.2. The first-order chi connectivity index (χ1) is 11.9. The van der Waals surface area contributed by atoms with E-state index in [-0.39, 0.29) is 23.6 Å². The van der Waals surface area contributed by atoms with Crippen LogP contribution in [0.1, 0.15) is 19.3 Å². The van der Waals surface area contributed by atoms with E-state index >= 15 is 0 Å². The molecule has 7 nitrogen and oxygen atoms in total. The van der Waals surface area contributed by atoms with Gasteiger partial charge in [0, 0.05) is 26.2 Å². The summed E-state index contributed by atoms with van der Waals surface area (Å²) in [6.45, 7) is 2.20. The van der Waals surface area contributed by atoms with Crippen LogP contribution in [-0.2, 0) is 19.4 Å². The van der Waals surface area contributed by atoms with Crippen molar-refractivity contribution in [2.45, 2.75) is 28.9 Å². The number of benzene rings is 1. The van der Waals surface area contributed by atoms with Gasteiger partial charge in [-0.1, -0.05) is 24.6 Å². The highest BCUT2D eigenvalue weighted by Gasteiger charge is 2.62. The molecule has 1 saturated heterocycles. The molecule has 0 unspecified atom stereocenters. The van der Waals surface area contributed by atoms with Crippen molar-refractivity contribution in [1.82, 2.24) is 10.2 Å². The summed E-state index contributed by atoms with van der Waals surface area (Å²) >= 11 is 0. The number of nitrogens with one attached hydrogen (secondary N) is 1. The van der Waals surface area contributed by atoms with E-state index in [0.717, 1.165) is 0 Å². The number of sulfone groups is 1. The van der Waals surface area contributed by atoms with Gasteiger partial charge in [0.05, 0.1) is 10.8 Å². The summed E-state index contributed by atoms with van der Waals surface area (Å²) in [6.07, 6.45) is 0.643. The zero-order valence-corrected chi connectivity index (χ0v) is 14.7. The van der Waals surface area contributed by atoms with Gasteiger partial charge >= 0.3 is 5.97 Å². The van der Waals surface area contributed by atoms with Gasteiger partial charge in [-0.2, -0.15) is 0 Å². The van der Waals surface area contributed by atoms with Gasteiger partial charge < -0.3 is 15.3 Å². The van der Waals surface area contributed by atoms with E-state index in [2.05, 4.69) is 5.32 Å². The second-order valence-corrected chi connectivity index (χ2v) is 8.74. The Labute approximate surface area is 146 Å². The van der Waals surface area contributed by atoms with Crippen LogP contribution in [0.4, 0.5) is 0 Å². The molecule has 1 aliphatic heterocycles. The minimum Gasteiger partial charge on any atom is -0.480 e. The molecule has 0 spiro atoms. The maximum Gasteiger partial charge on any atom is 0.326 e.